The fraction of sp³-hybridized carbons (Fsp3) is 0.174. The molecule has 0 saturated carbocycles. The molecule has 0 heterocycles. The molecule has 7 heteroatoms. The van der Waals surface area contributed by atoms with E-state index in [1.54, 1.807) is 0 Å². The molecule has 156 valence electrons. The fourth-order valence-corrected chi connectivity index (χ4v) is 4.08. The molecule has 1 unspecified atom stereocenters. The SMILES string of the molecule is Cc1cccc(C(NC(=O)CN(c2ccccc2F)S(C)(=O)=O)c2ccccc2)c1. The molecule has 0 bridgehead atoms. The normalized spacial score (nSPS) is 12.2. The Labute approximate surface area is 176 Å². The molecule has 3 aromatic carbocycles. The van der Waals surface area contributed by atoms with Crippen LogP contribution in [0.25, 0.3) is 0 Å². The highest BCUT2D eigenvalue weighted by molar-refractivity contribution is 7.92. The first kappa shape index (κ1) is 21.5. The summed E-state index contributed by atoms with van der Waals surface area (Å²) in [6.45, 7) is 1.42. The van der Waals surface area contributed by atoms with Gasteiger partial charge in [-0.15, -0.1) is 0 Å². The highest BCUT2D eigenvalue weighted by atomic mass is 32.2. The van der Waals surface area contributed by atoms with Gasteiger partial charge in [-0.1, -0.05) is 72.3 Å². The highest BCUT2D eigenvalue weighted by Crippen LogP contribution is 2.24. The number of carbonyl (C=O) groups is 1. The molecule has 1 N–H and O–H groups in total. The molecule has 3 aromatic rings. The van der Waals surface area contributed by atoms with Crippen molar-refractivity contribution in [1.29, 1.82) is 0 Å². The van der Waals surface area contributed by atoms with E-state index in [4.69, 9.17) is 0 Å². The number of hydrogen-bond acceptors (Lipinski definition) is 3. The number of sulfonamides is 1. The third-order valence-electron chi connectivity index (χ3n) is 4.62. The van der Waals surface area contributed by atoms with Gasteiger partial charge in [0.15, 0.2) is 0 Å². The maximum Gasteiger partial charge on any atom is 0.241 e. The second kappa shape index (κ2) is 9.09. The van der Waals surface area contributed by atoms with E-state index in [1.165, 1.54) is 18.2 Å². The van der Waals surface area contributed by atoms with Crippen molar-refractivity contribution in [2.24, 2.45) is 0 Å². The van der Waals surface area contributed by atoms with Gasteiger partial charge in [0.2, 0.25) is 15.9 Å². The van der Waals surface area contributed by atoms with Gasteiger partial charge in [-0.2, -0.15) is 0 Å². The maximum absolute atomic E-state index is 14.2. The van der Waals surface area contributed by atoms with Crippen molar-refractivity contribution in [1.82, 2.24) is 5.32 Å². The van der Waals surface area contributed by atoms with Crippen LogP contribution in [0.15, 0.2) is 78.9 Å². The van der Waals surface area contributed by atoms with E-state index in [2.05, 4.69) is 5.32 Å². The molecule has 30 heavy (non-hydrogen) atoms. The zero-order valence-electron chi connectivity index (χ0n) is 16.7. The monoisotopic (exact) mass is 426 g/mol. The Kier molecular flexibility index (Phi) is 6.52. The van der Waals surface area contributed by atoms with Gasteiger partial charge in [0.25, 0.3) is 0 Å². The van der Waals surface area contributed by atoms with Gasteiger partial charge >= 0.3 is 0 Å². The Morgan fingerprint density at radius 2 is 1.60 bits per heavy atom. The maximum atomic E-state index is 14.2. The van der Waals surface area contributed by atoms with Crippen molar-refractivity contribution in [3.8, 4) is 0 Å². The second-order valence-corrected chi connectivity index (χ2v) is 8.95. The minimum atomic E-state index is -3.87. The van der Waals surface area contributed by atoms with Crippen LogP contribution in [-0.4, -0.2) is 27.1 Å². The smallest absolute Gasteiger partial charge is 0.241 e. The molecular formula is C23H23FN2O3S. The molecule has 5 nitrogen and oxygen atoms in total. The van der Waals surface area contributed by atoms with Crippen molar-refractivity contribution in [3.05, 3.63) is 101 Å². The van der Waals surface area contributed by atoms with Crippen LogP contribution in [0.5, 0.6) is 0 Å². The van der Waals surface area contributed by atoms with E-state index in [9.17, 15) is 17.6 Å². The summed E-state index contributed by atoms with van der Waals surface area (Å²) in [4.78, 5) is 12.9. The summed E-state index contributed by atoms with van der Waals surface area (Å²) in [5.41, 5.74) is 2.59. The molecule has 1 atom stereocenters. The van der Waals surface area contributed by atoms with E-state index in [0.717, 1.165) is 33.3 Å². The average molecular weight is 427 g/mol. The van der Waals surface area contributed by atoms with E-state index < -0.39 is 34.3 Å². The van der Waals surface area contributed by atoms with Crippen LogP contribution in [0, 0.1) is 12.7 Å². The van der Waals surface area contributed by atoms with Crippen LogP contribution in [0.1, 0.15) is 22.7 Å². The lowest BCUT2D eigenvalue weighted by molar-refractivity contribution is -0.120. The van der Waals surface area contributed by atoms with Crippen molar-refractivity contribution < 1.29 is 17.6 Å². The van der Waals surface area contributed by atoms with Crippen LogP contribution in [0.3, 0.4) is 0 Å². The van der Waals surface area contributed by atoms with Gasteiger partial charge < -0.3 is 5.32 Å². The number of aryl methyl sites for hydroxylation is 1. The Morgan fingerprint density at radius 3 is 2.23 bits per heavy atom. The zero-order chi connectivity index (χ0) is 21.7. The Balaban J connectivity index is 1.91. The number of para-hydroxylation sites is 1. The van der Waals surface area contributed by atoms with Crippen molar-refractivity contribution in [2.45, 2.75) is 13.0 Å². The lowest BCUT2D eigenvalue weighted by Crippen LogP contribution is -2.42. The summed E-state index contributed by atoms with van der Waals surface area (Å²) in [5, 5.41) is 2.90. The molecule has 0 radical (unpaired) electrons. The van der Waals surface area contributed by atoms with Crippen LogP contribution >= 0.6 is 0 Å². The van der Waals surface area contributed by atoms with Crippen molar-refractivity contribution in [3.63, 3.8) is 0 Å². The summed E-state index contributed by atoms with van der Waals surface area (Å²) in [6, 6.07) is 22.1. The quantitative estimate of drug-likeness (QED) is 0.625. The minimum Gasteiger partial charge on any atom is -0.344 e. The second-order valence-electron chi connectivity index (χ2n) is 7.05. The number of benzene rings is 3. The van der Waals surface area contributed by atoms with Crippen LogP contribution in [0.4, 0.5) is 10.1 Å². The molecule has 0 aromatic heterocycles. The molecule has 0 aliphatic carbocycles. The summed E-state index contributed by atoms with van der Waals surface area (Å²) in [7, 11) is -3.87. The minimum absolute atomic E-state index is 0.165. The predicted octanol–water partition coefficient (Wildman–Crippen LogP) is 3.81. The lowest BCUT2D eigenvalue weighted by atomic mass is 9.97. The summed E-state index contributed by atoms with van der Waals surface area (Å²) in [6.07, 6.45) is 0.946. The number of nitrogens with one attached hydrogen (secondary N) is 1. The summed E-state index contributed by atoms with van der Waals surface area (Å²) >= 11 is 0. The molecule has 0 aliphatic rings. The number of nitrogens with zero attached hydrogens (tertiary/aromatic N) is 1. The largest absolute Gasteiger partial charge is 0.344 e. The average Bonchev–Trinajstić information content (AvgIpc) is 2.71. The predicted molar refractivity (Wildman–Crippen MR) is 116 cm³/mol. The first-order valence-corrected chi connectivity index (χ1v) is 11.2. The molecule has 0 spiro atoms. The van der Waals surface area contributed by atoms with Gasteiger partial charge in [-0.3, -0.25) is 9.10 Å². The van der Waals surface area contributed by atoms with E-state index in [0.29, 0.717) is 0 Å². The van der Waals surface area contributed by atoms with Crippen molar-refractivity contribution in [2.75, 3.05) is 17.1 Å². The zero-order valence-corrected chi connectivity index (χ0v) is 17.6. The van der Waals surface area contributed by atoms with Crippen LogP contribution in [0.2, 0.25) is 0 Å². The fourth-order valence-electron chi connectivity index (χ4n) is 3.23. The van der Waals surface area contributed by atoms with Crippen LogP contribution < -0.4 is 9.62 Å². The third kappa shape index (κ3) is 5.24. The van der Waals surface area contributed by atoms with Gasteiger partial charge in [-0.25, -0.2) is 12.8 Å². The highest BCUT2D eigenvalue weighted by Gasteiger charge is 2.25. The summed E-state index contributed by atoms with van der Waals surface area (Å²) in [5.74, 6) is -1.26. The van der Waals surface area contributed by atoms with E-state index in [-0.39, 0.29) is 5.69 Å². The number of halogens is 1. The molecule has 0 aliphatic heterocycles. The summed E-state index contributed by atoms with van der Waals surface area (Å²) < 4.78 is 39.5. The topological polar surface area (TPSA) is 66.5 Å². The number of amides is 1. The number of hydrogen-bond donors (Lipinski definition) is 1. The molecule has 0 fully saturated rings. The Hall–Kier alpha value is -3.19. The van der Waals surface area contributed by atoms with E-state index >= 15 is 0 Å². The van der Waals surface area contributed by atoms with Crippen LogP contribution in [-0.2, 0) is 14.8 Å². The van der Waals surface area contributed by atoms with Gasteiger partial charge in [-0.05, 0) is 30.2 Å². The molecule has 0 saturated heterocycles. The Bertz CT molecular complexity index is 1130. The molecular weight excluding hydrogens is 403 g/mol. The van der Waals surface area contributed by atoms with Gasteiger partial charge in [0.1, 0.15) is 12.4 Å². The Morgan fingerprint density at radius 1 is 0.967 bits per heavy atom. The van der Waals surface area contributed by atoms with Crippen molar-refractivity contribution >= 4 is 21.6 Å². The van der Waals surface area contributed by atoms with E-state index in [1.807, 2.05) is 61.5 Å². The number of carbonyl (C=O) groups excluding carboxylic acids is 1. The molecule has 1 amide bonds. The lowest BCUT2D eigenvalue weighted by Gasteiger charge is -2.25. The first-order valence-electron chi connectivity index (χ1n) is 9.39. The molecule has 3 rings (SSSR count). The van der Waals surface area contributed by atoms with Gasteiger partial charge in [0.05, 0.1) is 18.0 Å². The number of anilines is 1. The standard InChI is InChI=1S/C23H23FN2O3S/c1-17-9-8-12-19(15-17)23(18-10-4-3-5-11-18)25-22(27)16-26(30(2,28)29)21-14-7-6-13-20(21)24/h3-15,23H,16H2,1-2H3,(H,25,27). The number of rotatable bonds is 7. The first-order chi connectivity index (χ1) is 14.3. The third-order valence-corrected chi connectivity index (χ3v) is 5.75. The van der Waals surface area contributed by atoms with Gasteiger partial charge in [0, 0.05) is 0 Å².